The molecule has 0 saturated heterocycles. The van der Waals surface area contributed by atoms with E-state index in [-0.39, 0.29) is 15.8 Å². The quantitative estimate of drug-likeness (QED) is 0.796. The molecule has 0 N–H and O–H groups in total. The Hall–Kier alpha value is -0.710. The van der Waals surface area contributed by atoms with E-state index in [0.29, 0.717) is 6.42 Å². The Bertz CT molecular complexity index is 360. The Morgan fingerprint density at radius 3 is 2.33 bits per heavy atom. The fourth-order valence-corrected chi connectivity index (χ4v) is 2.13. The van der Waals surface area contributed by atoms with Gasteiger partial charge in [-0.3, -0.25) is 0 Å². The van der Waals surface area contributed by atoms with Crippen LogP contribution in [0.5, 0.6) is 5.75 Å². The number of alkyl halides is 3. The van der Waals surface area contributed by atoms with Gasteiger partial charge in [-0.15, -0.1) is 0 Å². The van der Waals surface area contributed by atoms with Crippen molar-refractivity contribution in [2.75, 3.05) is 7.11 Å². The first kappa shape index (κ1) is 12.4. The van der Waals surface area contributed by atoms with Gasteiger partial charge in [0.05, 0.1) is 17.1 Å². The van der Waals surface area contributed by atoms with Gasteiger partial charge >= 0.3 is 6.18 Å². The van der Waals surface area contributed by atoms with Crippen molar-refractivity contribution in [1.29, 1.82) is 0 Å². The average molecular weight is 283 g/mol. The molecule has 0 aliphatic rings. The summed E-state index contributed by atoms with van der Waals surface area (Å²) in [5.41, 5.74) is -0.389. The molecule has 0 atom stereocenters. The average Bonchev–Trinajstić information content (AvgIpc) is 2.15. The van der Waals surface area contributed by atoms with Gasteiger partial charge < -0.3 is 4.74 Å². The summed E-state index contributed by atoms with van der Waals surface area (Å²) < 4.78 is 43.0. The molecule has 15 heavy (non-hydrogen) atoms. The highest BCUT2D eigenvalue weighted by molar-refractivity contribution is 9.10. The number of hydrogen-bond acceptors (Lipinski definition) is 1. The van der Waals surface area contributed by atoms with Crippen LogP contribution in [0, 0.1) is 0 Å². The molecular formula is C10H10BrF3O. The van der Waals surface area contributed by atoms with Gasteiger partial charge in [0, 0.05) is 0 Å². The second kappa shape index (κ2) is 4.43. The van der Waals surface area contributed by atoms with E-state index in [1.54, 1.807) is 6.92 Å². The van der Waals surface area contributed by atoms with Crippen molar-refractivity contribution in [3.8, 4) is 5.75 Å². The second-order valence-electron chi connectivity index (χ2n) is 2.97. The van der Waals surface area contributed by atoms with E-state index < -0.39 is 11.7 Å². The van der Waals surface area contributed by atoms with E-state index in [9.17, 15) is 13.2 Å². The van der Waals surface area contributed by atoms with Crippen molar-refractivity contribution in [2.45, 2.75) is 19.5 Å². The SMILES string of the molecule is CCc1ccc(OC)c(Br)c1C(F)(F)F. The van der Waals surface area contributed by atoms with Crippen LogP contribution in [0.3, 0.4) is 0 Å². The van der Waals surface area contributed by atoms with Crippen molar-refractivity contribution >= 4 is 15.9 Å². The summed E-state index contributed by atoms with van der Waals surface area (Å²) in [5.74, 6) is 0.194. The van der Waals surface area contributed by atoms with Gasteiger partial charge in [0.25, 0.3) is 0 Å². The Morgan fingerprint density at radius 1 is 1.33 bits per heavy atom. The minimum Gasteiger partial charge on any atom is -0.496 e. The van der Waals surface area contributed by atoms with Crippen LogP contribution < -0.4 is 4.74 Å². The molecule has 0 aliphatic carbocycles. The van der Waals surface area contributed by atoms with Crippen LogP contribution in [0.4, 0.5) is 13.2 Å². The van der Waals surface area contributed by atoms with Gasteiger partial charge in [-0.2, -0.15) is 13.2 Å². The van der Waals surface area contributed by atoms with Crippen LogP contribution in [-0.2, 0) is 12.6 Å². The number of ether oxygens (including phenoxy) is 1. The number of halogens is 4. The van der Waals surface area contributed by atoms with Crippen LogP contribution in [0.1, 0.15) is 18.1 Å². The van der Waals surface area contributed by atoms with Crippen LogP contribution in [-0.4, -0.2) is 7.11 Å². The predicted molar refractivity (Wildman–Crippen MR) is 55.1 cm³/mol. The molecule has 0 aromatic heterocycles. The van der Waals surface area contributed by atoms with Gasteiger partial charge in [-0.05, 0) is 34.0 Å². The highest BCUT2D eigenvalue weighted by Crippen LogP contribution is 2.41. The molecule has 0 heterocycles. The fraction of sp³-hybridized carbons (Fsp3) is 0.400. The first-order valence-corrected chi connectivity index (χ1v) is 5.13. The summed E-state index contributed by atoms with van der Waals surface area (Å²) in [6, 6.07) is 2.96. The third-order valence-electron chi connectivity index (χ3n) is 2.08. The van der Waals surface area contributed by atoms with E-state index in [1.165, 1.54) is 19.2 Å². The van der Waals surface area contributed by atoms with Gasteiger partial charge in [0.1, 0.15) is 5.75 Å². The topological polar surface area (TPSA) is 9.23 Å². The number of benzene rings is 1. The Balaban J connectivity index is 3.43. The maximum absolute atomic E-state index is 12.7. The van der Waals surface area contributed by atoms with Crippen molar-refractivity contribution < 1.29 is 17.9 Å². The summed E-state index contributed by atoms with van der Waals surface area (Å²) in [5, 5.41) is 0. The van der Waals surface area contributed by atoms with Crippen molar-refractivity contribution in [3.63, 3.8) is 0 Å². The van der Waals surface area contributed by atoms with E-state index in [1.807, 2.05) is 0 Å². The maximum Gasteiger partial charge on any atom is 0.417 e. The lowest BCUT2D eigenvalue weighted by molar-refractivity contribution is -0.138. The molecule has 0 unspecified atom stereocenters. The largest absolute Gasteiger partial charge is 0.496 e. The summed E-state index contributed by atoms with van der Waals surface area (Å²) in [4.78, 5) is 0. The molecule has 1 aromatic rings. The molecule has 1 nitrogen and oxygen atoms in total. The monoisotopic (exact) mass is 282 g/mol. The molecule has 0 amide bonds. The molecular weight excluding hydrogens is 273 g/mol. The summed E-state index contributed by atoms with van der Waals surface area (Å²) in [6.07, 6.45) is -4.03. The molecule has 0 aliphatic heterocycles. The lowest BCUT2D eigenvalue weighted by Crippen LogP contribution is -2.10. The number of rotatable bonds is 2. The molecule has 1 aromatic carbocycles. The standard InChI is InChI=1S/C10H10BrF3O/c1-3-6-4-5-7(15-2)9(11)8(6)10(12,13)14/h4-5H,3H2,1-2H3. The van der Waals surface area contributed by atoms with Crippen LogP contribution >= 0.6 is 15.9 Å². The zero-order valence-corrected chi connectivity index (χ0v) is 9.87. The van der Waals surface area contributed by atoms with E-state index in [0.717, 1.165) is 0 Å². The number of hydrogen-bond donors (Lipinski definition) is 0. The fourth-order valence-electron chi connectivity index (χ4n) is 1.36. The smallest absolute Gasteiger partial charge is 0.417 e. The molecule has 84 valence electrons. The minimum atomic E-state index is -4.36. The molecule has 0 saturated carbocycles. The molecule has 5 heteroatoms. The summed E-state index contributed by atoms with van der Waals surface area (Å²) in [6.45, 7) is 1.68. The Morgan fingerprint density at radius 2 is 1.93 bits per heavy atom. The zero-order chi connectivity index (χ0) is 11.6. The summed E-state index contributed by atoms with van der Waals surface area (Å²) >= 11 is 2.92. The Labute approximate surface area is 94.4 Å². The number of aryl methyl sites for hydroxylation is 1. The van der Waals surface area contributed by atoms with Crippen LogP contribution in [0.15, 0.2) is 16.6 Å². The van der Waals surface area contributed by atoms with Crippen molar-refractivity contribution in [2.24, 2.45) is 0 Å². The van der Waals surface area contributed by atoms with Crippen molar-refractivity contribution in [3.05, 3.63) is 27.7 Å². The van der Waals surface area contributed by atoms with Gasteiger partial charge in [-0.25, -0.2) is 0 Å². The zero-order valence-electron chi connectivity index (χ0n) is 8.28. The van der Waals surface area contributed by atoms with Gasteiger partial charge in [-0.1, -0.05) is 13.0 Å². The first-order valence-electron chi connectivity index (χ1n) is 4.34. The second-order valence-corrected chi connectivity index (χ2v) is 3.76. The van der Waals surface area contributed by atoms with Crippen molar-refractivity contribution in [1.82, 2.24) is 0 Å². The first-order chi connectivity index (χ1) is 6.91. The van der Waals surface area contributed by atoms with E-state index >= 15 is 0 Å². The third-order valence-corrected chi connectivity index (χ3v) is 2.86. The lowest BCUT2D eigenvalue weighted by atomic mass is 10.0. The molecule has 0 bridgehead atoms. The predicted octanol–water partition coefficient (Wildman–Crippen LogP) is 4.04. The highest BCUT2D eigenvalue weighted by atomic mass is 79.9. The molecule has 0 radical (unpaired) electrons. The lowest BCUT2D eigenvalue weighted by Gasteiger charge is -2.15. The maximum atomic E-state index is 12.7. The minimum absolute atomic E-state index is 0.0307. The van der Waals surface area contributed by atoms with Gasteiger partial charge in [0.15, 0.2) is 0 Å². The molecule has 0 fully saturated rings. The Kier molecular flexibility index (Phi) is 3.65. The van der Waals surface area contributed by atoms with Crippen LogP contribution in [0.25, 0.3) is 0 Å². The van der Waals surface area contributed by atoms with Crippen LogP contribution in [0.2, 0.25) is 0 Å². The van der Waals surface area contributed by atoms with E-state index in [2.05, 4.69) is 15.9 Å². The summed E-state index contributed by atoms with van der Waals surface area (Å²) in [7, 11) is 1.34. The highest BCUT2D eigenvalue weighted by Gasteiger charge is 2.36. The third kappa shape index (κ3) is 2.45. The normalized spacial score (nSPS) is 11.6. The van der Waals surface area contributed by atoms with E-state index in [4.69, 9.17) is 4.74 Å². The molecule has 0 spiro atoms. The van der Waals surface area contributed by atoms with Gasteiger partial charge in [0.2, 0.25) is 0 Å². The molecule has 1 rings (SSSR count). The number of methoxy groups -OCH3 is 1.